The molecule has 0 radical (unpaired) electrons. The van der Waals surface area contributed by atoms with Crippen molar-refractivity contribution in [1.82, 2.24) is 0 Å². The van der Waals surface area contributed by atoms with Crippen LogP contribution in [-0.4, -0.2) is 0 Å². The zero-order chi connectivity index (χ0) is 11.5. The van der Waals surface area contributed by atoms with Gasteiger partial charge in [0.05, 0.1) is 5.69 Å². The Balaban J connectivity index is 2.54. The lowest BCUT2D eigenvalue weighted by atomic mass is 10.0. The first-order valence-corrected chi connectivity index (χ1v) is 5.01. The zero-order valence-corrected chi connectivity index (χ0v) is 8.93. The molecule has 0 spiro atoms. The molecule has 0 aliphatic rings. The van der Waals surface area contributed by atoms with Crippen LogP contribution in [0.3, 0.4) is 0 Å². The van der Waals surface area contributed by atoms with Gasteiger partial charge < -0.3 is 0 Å². The van der Waals surface area contributed by atoms with Crippen LogP contribution >= 0.6 is 11.8 Å². The third-order valence-electron chi connectivity index (χ3n) is 2.26. The van der Waals surface area contributed by atoms with Crippen molar-refractivity contribution in [1.29, 1.82) is 0 Å². The van der Waals surface area contributed by atoms with Gasteiger partial charge in [-0.15, -0.1) is 0 Å². The van der Waals surface area contributed by atoms with Crippen LogP contribution in [0.15, 0.2) is 42.5 Å². The Labute approximate surface area is 96.8 Å². The minimum atomic E-state index is -0.873. The molecule has 0 saturated carbocycles. The molecule has 0 aromatic heterocycles. The predicted octanol–water partition coefficient (Wildman–Crippen LogP) is 4.20. The van der Waals surface area contributed by atoms with E-state index in [2.05, 4.69) is 4.84 Å². The highest BCUT2D eigenvalue weighted by Gasteiger charge is 2.07. The van der Waals surface area contributed by atoms with Gasteiger partial charge in [-0.05, 0) is 23.8 Å². The summed E-state index contributed by atoms with van der Waals surface area (Å²) in [6.45, 7) is 0. The summed E-state index contributed by atoms with van der Waals surface area (Å²) in [7, 11) is 0. The van der Waals surface area contributed by atoms with Gasteiger partial charge in [-0.1, -0.05) is 24.3 Å². The van der Waals surface area contributed by atoms with E-state index < -0.39 is 11.6 Å². The molecule has 0 amide bonds. The van der Waals surface area contributed by atoms with E-state index in [9.17, 15) is 8.78 Å². The van der Waals surface area contributed by atoms with Crippen molar-refractivity contribution in [2.45, 2.75) is 0 Å². The molecular weight excluding hydrogens is 232 g/mol. The van der Waals surface area contributed by atoms with Gasteiger partial charge in [0.2, 0.25) is 0 Å². The number of benzene rings is 2. The lowest BCUT2D eigenvalue weighted by Gasteiger charge is -2.07. The first-order chi connectivity index (χ1) is 7.72. The number of rotatable bonds is 2. The van der Waals surface area contributed by atoms with Crippen LogP contribution < -0.4 is 4.84 Å². The van der Waals surface area contributed by atoms with Crippen molar-refractivity contribution in [3.05, 3.63) is 54.1 Å². The molecule has 0 fully saturated rings. The molecule has 4 heteroatoms. The molecule has 0 unspecified atom stereocenters. The highest BCUT2D eigenvalue weighted by atomic mass is 35.5. The fourth-order valence-electron chi connectivity index (χ4n) is 1.48. The highest BCUT2D eigenvalue weighted by Crippen LogP contribution is 2.29. The lowest BCUT2D eigenvalue weighted by molar-refractivity contribution is 0.509. The molecule has 0 saturated heterocycles. The second kappa shape index (κ2) is 4.49. The Morgan fingerprint density at radius 3 is 2.38 bits per heavy atom. The number of hydrogen-bond acceptors (Lipinski definition) is 1. The first kappa shape index (κ1) is 10.9. The van der Waals surface area contributed by atoms with E-state index >= 15 is 0 Å². The molecule has 16 heavy (non-hydrogen) atoms. The summed E-state index contributed by atoms with van der Waals surface area (Å²) in [5, 5.41) is 0. The van der Waals surface area contributed by atoms with Crippen LogP contribution in [0.2, 0.25) is 0 Å². The molecule has 0 bridgehead atoms. The fraction of sp³-hybridized carbons (Fsp3) is 0. The second-order valence-corrected chi connectivity index (χ2v) is 3.46. The number of hydrogen-bond donors (Lipinski definition) is 1. The summed E-state index contributed by atoms with van der Waals surface area (Å²) >= 11 is 5.54. The topological polar surface area (TPSA) is 12.0 Å². The summed E-state index contributed by atoms with van der Waals surface area (Å²) in [6.07, 6.45) is 0. The van der Waals surface area contributed by atoms with Crippen molar-refractivity contribution >= 4 is 17.5 Å². The standard InChI is InChI=1S/C12H8ClF2N/c13-16-12-4-2-1-3-9(12)8-5-6-10(14)11(15)7-8/h1-7,16H. The molecular formula is C12H8ClF2N. The Bertz CT molecular complexity index is 514. The lowest BCUT2D eigenvalue weighted by Crippen LogP contribution is -1.89. The number of para-hydroxylation sites is 1. The quantitative estimate of drug-likeness (QED) is 0.775. The summed E-state index contributed by atoms with van der Waals surface area (Å²) in [6, 6.07) is 10.9. The third-order valence-corrected chi connectivity index (χ3v) is 2.46. The maximum absolute atomic E-state index is 13.1. The van der Waals surface area contributed by atoms with E-state index in [0.29, 0.717) is 11.3 Å². The maximum Gasteiger partial charge on any atom is 0.159 e. The smallest absolute Gasteiger partial charge is 0.159 e. The van der Waals surface area contributed by atoms with E-state index in [0.717, 1.165) is 17.7 Å². The van der Waals surface area contributed by atoms with Gasteiger partial charge in [0.1, 0.15) is 0 Å². The average molecular weight is 240 g/mol. The number of nitrogens with one attached hydrogen (secondary N) is 1. The van der Waals surface area contributed by atoms with Gasteiger partial charge in [0, 0.05) is 17.3 Å². The van der Waals surface area contributed by atoms with Gasteiger partial charge in [-0.25, -0.2) is 8.78 Å². The SMILES string of the molecule is Fc1ccc(-c2ccccc2NCl)cc1F. The molecule has 1 N–H and O–H groups in total. The fourth-order valence-corrected chi connectivity index (χ4v) is 1.65. The monoisotopic (exact) mass is 239 g/mol. The summed E-state index contributed by atoms with van der Waals surface area (Å²) in [5.74, 6) is -1.73. The average Bonchev–Trinajstić information content (AvgIpc) is 2.32. The minimum absolute atomic E-state index is 0.572. The van der Waals surface area contributed by atoms with Gasteiger partial charge >= 0.3 is 0 Å². The summed E-state index contributed by atoms with van der Waals surface area (Å²) < 4.78 is 25.9. The Morgan fingerprint density at radius 2 is 1.69 bits per heavy atom. The van der Waals surface area contributed by atoms with E-state index in [-0.39, 0.29) is 0 Å². The molecule has 0 aliphatic heterocycles. The maximum atomic E-state index is 13.1. The van der Waals surface area contributed by atoms with Gasteiger partial charge in [-0.2, -0.15) is 0 Å². The van der Waals surface area contributed by atoms with Crippen molar-refractivity contribution in [3.8, 4) is 11.1 Å². The molecule has 2 rings (SSSR count). The largest absolute Gasteiger partial charge is 0.298 e. The normalized spacial score (nSPS) is 10.2. The number of halogens is 3. The molecule has 1 nitrogen and oxygen atoms in total. The first-order valence-electron chi connectivity index (χ1n) is 4.63. The molecule has 82 valence electrons. The van der Waals surface area contributed by atoms with Gasteiger partial charge in [0.25, 0.3) is 0 Å². The third kappa shape index (κ3) is 1.99. The van der Waals surface area contributed by atoms with Crippen molar-refractivity contribution in [2.75, 3.05) is 4.84 Å². The summed E-state index contributed by atoms with van der Waals surface area (Å²) in [4.78, 5) is 2.48. The Hall–Kier alpha value is -1.61. The van der Waals surface area contributed by atoms with Crippen LogP contribution in [0.1, 0.15) is 0 Å². The molecule has 0 heterocycles. The van der Waals surface area contributed by atoms with Crippen LogP contribution in [0.4, 0.5) is 14.5 Å². The van der Waals surface area contributed by atoms with Crippen molar-refractivity contribution < 1.29 is 8.78 Å². The Kier molecular flexibility index (Phi) is 3.06. The van der Waals surface area contributed by atoms with Crippen molar-refractivity contribution in [2.24, 2.45) is 0 Å². The van der Waals surface area contributed by atoms with Crippen LogP contribution in [0.25, 0.3) is 11.1 Å². The highest BCUT2D eigenvalue weighted by molar-refractivity contribution is 6.24. The van der Waals surface area contributed by atoms with Crippen molar-refractivity contribution in [3.63, 3.8) is 0 Å². The van der Waals surface area contributed by atoms with Crippen LogP contribution in [0, 0.1) is 11.6 Å². The van der Waals surface area contributed by atoms with E-state index in [1.807, 2.05) is 0 Å². The molecule has 0 atom stereocenters. The van der Waals surface area contributed by atoms with Gasteiger partial charge in [0.15, 0.2) is 11.6 Å². The predicted molar refractivity (Wildman–Crippen MR) is 61.3 cm³/mol. The van der Waals surface area contributed by atoms with Gasteiger partial charge in [-0.3, -0.25) is 4.84 Å². The van der Waals surface area contributed by atoms with E-state index in [4.69, 9.17) is 11.8 Å². The molecule has 2 aromatic rings. The minimum Gasteiger partial charge on any atom is -0.298 e. The van der Waals surface area contributed by atoms with E-state index in [1.54, 1.807) is 24.3 Å². The second-order valence-electron chi connectivity index (χ2n) is 3.27. The van der Waals surface area contributed by atoms with E-state index in [1.165, 1.54) is 6.07 Å². The molecule has 0 aliphatic carbocycles. The zero-order valence-electron chi connectivity index (χ0n) is 8.18. The van der Waals surface area contributed by atoms with Crippen LogP contribution in [-0.2, 0) is 0 Å². The van der Waals surface area contributed by atoms with Crippen LogP contribution in [0.5, 0.6) is 0 Å². The number of anilines is 1. The Morgan fingerprint density at radius 1 is 0.938 bits per heavy atom. The molecule has 2 aromatic carbocycles. The summed E-state index contributed by atoms with van der Waals surface area (Å²) in [5.41, 5.74) is 1.94.